The molecule has 2 aromatic carbocycles. The van der Waals surface area contributed by atoms with Gasteiger partial charge in [-0.15, -0.1) is 0 Å². The summed E-state index contributed by atoms with van der Waals surface area (Å²) in [7, 11) is 0. The predicted octanol–water partition coefficient (Wildman–Crippen LogP) is 4.33. The second kappa shape index (κ2) is 7.37. The van der Waals surface area contributed by atoms with Crippen molar-refractivity contribution in [2.45, 2.75) is 6.54 Å². The van der Waals surface area contributed by atoms with Gasteiger partial charge in [0.25, 0.3) is 11.1 Å². The number of phenols is 1. The van der Waals surface area contributed by atoms with E-state index in [-0.39, 0.29) is 22.0 Å². The smallest absolute Gasteiger partial charge is 0.311 e. The van der Waals surface area contributed by atoms with Gasteiger partial charge >= 0.3 is 5.69 Å². The summed E-state index contributed by atoms with van der Waals surface area (Å²) >= 11 is 6.61. The Balaban J connectivity index is 1.86. The number of aromatic hydroxyl groups is 1. The van der Waals surface area contributed by atoms with Crippen LogP contribution in [-0.2, 0) is 11.3 Å². The van der Waals surface area contributed by atoms with Crippen LogP contribution in [0.5, 0.6) is 5.75 Å². The fraction of sp³-hybridized carbons (Fsp3) is 0.0588. The standard InChI is InChI=1S/C17H10ClFN2O5S/c18-12-7-11(19)3-2-10(12)8-20-16(23)15(27-17(20)24)6-9-1-4-14(22)13(5-9)21(25)26/h1-7,22H,8H2. The number of thioether (sulfide) groups is 1. The maximum atomic E-state index is 13.1. The lowest BCUT2D eigenvalue weighted by Gasteiger charge is -2.13. The Morgan fingerprint density at radius 1 is 1.26 bits per heavy atom. The van der Waals surface area contributed by atoms with Crippen molar-refractivity contribution in [3.05, 3.63) is 73.4 Å². The van der Waals surface area contributed by atoms with Crippen molar-refractivity contribution in [2.75, 3.05) is 0 Å². The molecule has 0 atom stereocenters. The first kappa shape index (κ1) is 18.9. The van der Waals surface area contributed by atoms with Crippen molar-refractivity contribution in [3.63, 3.8) is 0 Å². The number of benzene rings is 2. The minimum absolute atomic E-state index is 0.0678. The molecule has 3 rings (SSSR count). The van der Waals surface area contributed by atoms with E-state index in [0.717, 1.165) is 23.1 Å². The quantitative estimate of drug-likeness (QED) is 0.459. The van der Waals surface area contributed by atoms with Gasteiger partial charge in [-0.1, -0.05) is 23.7 Å². The highest BCUT2D eigenvalue weighted by molar-refractivity contribution is 8.18. The number of carbonyl (C=O) groups excluding carboxylic acids is 2. The number of rotatable bonds is 4. The summed E-state index contributed by atoms with van der Waals surface area (Å²) in [6.07, 6.45) is 1.32. The van der Waals surface area contributed by atoms with Gasteiger partial charge in [0.1, 0.15) is 5.82 Å². The van der Waals surface area contributed by atoms with E-state index in [4.69, 9.17) is 11.6 Å². The minimum atomic E-state index is -0.755. The molecule has 0 saturated carbocycles. The Morgan fingerprint density at radius 2 is 2.00 bits per heavy atom. The molecule has 0 bridgehead atoms. The monoisotopic (exact) mass is 408 g/mol. The molecule has 1 aliphatic rings. The van der Waals surface area contributed by atoms with Gasteiger partial charge in [0.2, 0.25) is 0 Å². The van der Waals surface area contributed by atoms with Crippen molar-refractivity contribution in [1.82, 2.24) is 4.90 Å². The third-order valence-corrected chi connectivity index (χ3v) is 4.97. The van der Waals surface area contributed by atoms with Crippen LogP contribution in [0.2, 0.25) is 5.02 Å². The lowest BCUT2D eigenvalue weighted by Crippen LogP contribution is -2.27. The highest BCUT2D eigenvalue weighted by Gasteiger charge is 2.35. The second-order valence-electron chi connectivity index (χ2n) is 5.51. The van der Waals surface area contributed by atoms with Gasteiger partial charge in [-0.2, -0.15) is 0 Å². The SMILES string of the molecule is O=C1SC(=Cc2ccc(O)c([N+](=O)[O-])c2)C(=O)N1Cc1ccc(F)cc1Cl. The number of nitrogens with zero attached hydrogens (tertiary/aromatic N) is 2. The minimum Gasteiger partial charge on any atom is -0.502 e. The normalized spacial score (nSPS) is 15.6. The lowest BCUT2D eigenvalue weighted by atomic mass is 10.1. The van der Waals surface area contributed by atoms with Crippen LogP contribution in [0.3, 0.4) is 0 Å². The first-order valence-corrected chi connectivity index (χ1v) is 8.62. The van der Waals surface area contributed by atoms with Gasteiger partial charge in [0.05, 0.1) is 16.4 Å². The van der Waals surface area contributed by atoms with Crippen LogP contribution in [0.4, 0.5) is 14.9 Å². The Morgan fingerprint density at radius 3 is 2.67 bits per heavy atom. The topological polar surface area (TPSA) is 101 Å². The average molecular weight is 409 g/mol. The third-order valence-electron chi connectivity index (χ3n) is 3.71. The summed E-state index contributed by atoms with van der Waals surface area (Å²) in [5.74, 6) is -1.64. The number of nitro benzene ring substituents is 1. The van der Waals surface area contributed by atoms with Crippen molar-refractivity contribution in [2.24, 2.45) is 0 Å². The van der Waals surface area contributed by atoms with Crippen molar-refractivity contribution in [1.29, 1.82) is 0 Å². The average Bonchev–Trinajstić information content (AvgIpc) is 2.86. The number of halogens is 2. The molecule has 2 amide bonds. The van der Waals surface area contributed by atoms with Crippen LogP contribution in [-0.4, -0.2) is 26.1 Å². The van der Waals surface area contributed by atoms with Crippen LogP contribution in [0, 0.1) is 15.9 Å². The molecule has 0 spiro atoms. The van der Waals surface area contributed by atoms with Crippen molar-refractivity contribution >= 4 is 46.3 Å². The fourth-order valence-corrected chi connectivity index (χ4v) is 3.45. The summed E-state index contributed by atoms with van der Waals surface area (Å²) in [5, 5.41) is 19.9. The van der Waals surface area contributed by atoms with E-state index < -0.39 is 33.3 Å². The zero-order chi connectivity index (χ0) is 19.7. The molecular formula is C17H10ClFN2O5S. The molecule has 0 unspecified atom stereocenters. The zero-order valence-electron chi connectivity index (χ0n) is 13.4. The van der Waals surface area contributed by atoms with Crippen LogP contribution in [0.1, 0.15) is 11.1 Å². The predicted molar refractivity (Wildman–Crippen MR) is 97.7 cm³/mol. The Bertz CT molecular complexity index is 1010. The number of amides is 2. The van der Waals surface area contributed by atoms with E-state index in [9.17, 15) is 29.2 Å². The second-order valence-corrected chi connectivity index (χ2v) is 6.91. The van der Waals surface area contributed by atoms with Gasteiger partial charge in [-0.05, 0) is 47.2 Å². The summed E-state index contributed by atoms with van der Waals surface area (Å²) in [4.78, 5) is 35.8. The van der Waals surface area contributed by atoms with Crippen molar-refractivity contribution in [3.8, 4) is 5.75 Å². The van der Waals surface area contributed by atoms with E-state index in [1.54, 1.807) is 0 Å². The molecule has 1 heterocycles. The third kappa shape index (κ3) is 3.93. The Hall–Kier alpha value is -2.91. The van der Waals surface area contributed by atoms with Gasteiger partial charge in [0, 0.05) is 11.1 Å². The number of imide groups is 1. The number of nitro groups is 1. The summed E-state index contributed by atoms with van der Waals surface area (Å²) in [6.45, 7) is -0.128. The first-order chi connectivity index (χ1) is 12.8. The van der Waals surface area contributed by atoms with Crippen LogP contribution < -0.4 is 0 Å². The molecule has 0 aliphatic carbocycles. The van der Waals surface area contributed by atoms with E-state index in [2.05, 4.69) is 0 Å². The summed E-state index contributed by atoms with van der Waals surface area (Å²) < 4.78 is 13.1. The van der Waals surface area contributed by atoms with Gasteiger partial charge in [0.15, 0.2) is 5.75 Å². The molecule has 2 aromatic rings. The molecule has 0 radical (unpaired) electrons. The maximum Gasteiger partial charge on any atom is 0.311 e. The molecule has 138 valence electrons. The number of hydrogen-bond acceptors (Lipinski definition) is 6. The van der Waals surface area contributed by atoms with E-state index in [1.807, 2.05) is 0 Å². The molecule has 1 fully saturated rings. The molecular weight excluding hydrogens is 399 g/mol. The van der Waals surface area contributed by atoms with Crippen LogP contribution in [0.15, 0.2) is 41.3 Å². The fourth-order valence-electron chi connectivity index (χ4n) is 2.38. The van der Waals surface area contributed by atoms with E-state index >= 15 is 0 Å². The largest absolute Gasteiger partial charge is 0.502 e. The molecule has 1 N–H and O–H groups in total. The molecule has 7 nitrogen and oxygen atoms in total. The zero-order valence-corrected chi connectivity index (χ0v) is 15.0. The summed E-state index contributed by atoms with van der Waals surface area (Å²) in [5.41, 5.74) is 0.174. The van der Waals surface area contributed by atoms with Crippen LogP contribution >= 0.6 is 23.4 Å². The van der Waals surface area contributed by atoms with Crippen LogP contribution in [0.25, 0.3) is 6.08 Å². The number of hydrogen-bond donors (Lipinski definition) is 1. The molecule has 1 aliphatic heterocycles. The Kier molecular flexibility index (Phi) is 5.15. The summed E-state index contributed by atoms with van der Waals surface area (Å²) in [6, 6.07) is 7.25. The molecule has 27 heavy (non-hydrogen) atoms. The van der Waals surface area contributed by atoms with E-state index in [0.29, 0.717) is 17.3 Å². The molecule has 0 aromatic heterocycles. The molecule has 10 heteroatoms. The molecule has 1 saturated heterocycles. The van der Waals surface area contributed by atoms with Gasteiger partial charge in [-0.25, -0.2) is 4.39 Å². The van der Waals surface area contributed by atoms with E-state index in [1.165, 1.54) is 24.3 Å². The number of phenolic OH excluding ortho intramolecular Hbond substituents is 1. The Labute approximate surface area is 161 Å². The van der Waals surface area contributed by atoms with Crippen molar-refractivity contribution < 1.29 is 24.0 Å². The van der Waals surface area contributed by atoms with Gasteiger partial charge in [-0.3, -0.25) is 24.6 Å². The number of carbonyl (C=O) groups is 2. The van der Waals surface area contributed by atoms with Gasteiger partial charge < -0.3 is 5.11 Å². The highest BCUT2D eigenvalue weighted by atomic mass is 35.5. The lowest BCUT2D eigenvalue weighted by molar-refractivity contribution is -0.385. The first-order valence-electron chi connectivity index (χ1n) is 7.43. The maximum absolute atomic E-state index is 13.1. The highest BCUT2D eigenvalue weighted by Crippen LogP contribution is 2.35.